The smallest absolute Gasteiger partial charge is 0.228 e. The summed E-state index contributed by atoms with van der Waals surface area (Å²) in [4.78, 5) is 24.1. The normalized spacial score (nSPS) is 14.3. The highest BCUT2D eigenvalue weighted by atomic mass is 16.5. The summed E-state index contributed by atoms with van der Waals surface area (Å²) < 4.78 is 5.39. The fourth-order valence-electron chi connectivity index (χ4n) is 3.59. The molecule has 0 aliphatic carbocycles. The number of aryl methyl sites for hydroxylation is 2. The molecule has 1 aliphatic heterocycles. The second-order valence-corrected chi connectivity index (χ2v) is 7.03. The second-order valence-electron chi connectivity index (χ2n) is 7.03. The Hall–Kier alpha value is -2.99. The Morgan fingerprint density at radius 1 is 1.04 bits per heavy atom. The summed E-state index contributed by atoms with van der Waals surface area (Å²) >= 11 is 0. The van der Waals surface area contributed by atoms with Crippen LogP contribution in [0.4, 0.5) is 11.6 Å². The highest BCUT2D eigenvalue weighted by molar-refractivity contribution is 5.96. The molecule has 1 N–H and O–H groups in total. The second kappa shape index (κ2) is 7.94. The molecule has 0 spiro atoms. The number of anilines is 2. The first-order valence-corrected chi connectivity index (χ1v) is 9.56. The largest absolute Gasteiger partial charge is 0.378 e. The van der Waals surface area contributed by atoms with E-state index < -0.39 is 0 Å². The van der Waals surface area contributed by atoms with E-state index >= 15 is 0 Å². The number of rotatable bonds is 4. The standard InChI is InChI=1S/C22H24N4O2/c1-15-21(16(2)24-22(23-15)26-10-12-28-13-11-26)25-20(27)14-18-8-5-7-17-6-3-4-9-19(17)18/h3-9H,10-14H2,1-2H3,(H,25,27). The van der Waals surface area contributed by atoms with Crippen LogP contribution in [0.1, 0.15) is 17.0 Å². The van der Waals surface area contributed by atoms with Gasteiger partial charge in [-0.2, -0.15) is 0 Å². The number of nitrogens with zero attached hydrogens (tertiary/aromatic N) is 3. The molecule has 0 radical (unpaired) electrons. The first-order valence-electron chi connectivity index (χ1n) is 9.56. The lowest BCUT2D eigenvalue weighted by molar-refractivity contribution is -0.115. The molecule has 6 nitrogen and oxygen atoms in total. The number of hydrogen-bond donors (Lipinski definition) is 1. The monoisotopic (exact) mass is 376 g/mol. The summed E-state index contributed by atoms with van der Waals surface area (Å²) in [5.74, 6) is 0.635. The first kappa shape index (κ1) is 18.4. The lowest BCUT2D eigenvalue weighted by Gasteiger charge is -2.27. The molecule has 0 atom stereocenters. The third-order valence-electron chi connectivity index (χ3n) is 5.05. The van der Waals surface area contributed by atoms with E-state index in [-0.39, 0.29) is 5.91 Å². The third-order valence-corrected chi connectivity index (χ3v) is 5.05. The minimum absolute atomic E-state index is 0.0646. The molecule has 1 fully saturated rings. The van der Waals surface area contributed by atoms with Crippen molar-refractivity contribution in [3.8, 4) is 0 Å². The number of hydrogen-bond acceptors (Lipinski definition) is 5. The number of amides is 1. The van der Waals surface area contributed by atoms with Gasteiger partial charge < -0.3 is 15.0 Å². The number of aromatic nitrogens is 2. The van der Waals surface area contributed by atoms with Crippen LogP contribution in [0.5, 0.6) is 0 Å². The molecule has 1 saturated heterocycles. The predicted molar refractivity (Wildman–Crippen MR) is 111 cm³/mol. The Labute approximate surface area is 164 Å². The maximum absolute atomic E-state index is 12.7. The van der Waals surface area contributed by atoms with Gasteiger partial charge in [-0.05, 0) is 30.2 Å². The average molecular weight is 376 g/mol. The zero-order valence-corrected chi connectivity index (χ0v) is 16.2. The van der Waals surface area contributed by atoms with Crippen molar-refractivity contribution < 1.29 is 9.53 Å². The number of nitrogens with one attached hydrogen (secondary N) is 1. The van der Waals surface area contributed by atoms with Crippen LogP contribution in [0.15, 0.2) is 42.5 Å². The van der Waals surface area contributed by atoms with Crippen molar-refractivity contribution in [2.45, 2.75) is 20.3 Å². The van der Waals surface area contributed by atoms with Gasteiger partial charge in [0.25, 0.3) is 0 Å². The minimum atomic E-state index is -0.0646. The summed E-state index contributed by atoms with van der Waals surface area (Å²) in [7, 11) is 0. The molecule has 0 saturated carbocycles. The van der Waals surface area contributed by atoms with Crippen LogP contribution in [-0.2, 0) is 16.0 Å². The van der Waals surface area contributed by atoms with Crippen molar-refractivity contribution >= 4 is 28.3 Å². The summed E-state index contributed by atoms with van der Waals surface area (Å²) in [6, 6.07) is 14.2. The van der Waals surface area contributed by atoms with E-state index in [9.17, 15) is 4.79 Å². The Kier molecular flexibility index (Phi) is 5.21. The Bertz CT molecular complexity index is 984. The van der Waals surface area contributed by atoms with Gasteiger partial charge in [0.05, 0.1) is 36.7 Å². The predicted octanol–water partition coefficient (Wildman–Crippen LogP) is 3.26. The van der Waals surface area contributed by atoms with Crippen molar-refractivity contribution in [3.63, 3.8) is 0 Å². The maximum Gasteiger partial charge on any atom is 0.228 e. The molecule has 1 aliphatic rings. The van der Waals surface area contributed by atoms with Crippen molar-refractivity contribution in [2.24, 2.45) is 0 Å². The number of benzene rings is 2. The van der Waals surface area contributed by atoms with Crippen molar-refractivity contribution in [2.75, 3.05) is 36.5 Å². The van der Waals surface area contributed by atoms with Gasteiger partial charge in [0.1, 0.15) is 0 Å². The number of ether oxygens (including phenoxy) is 1. The molecule has 3 aromatic rings. The van der Waals surface area contributed by atoms with Crippen molar-refractivity contribution in [3.05, 3.63) is 59.4 Å². The van der Waals surface area contributed by atoms with Gasteiger partial charge in [0.2, 0.25) is 11.9 Å². The van der Waals surface area contributed by atoms with Gasteiger partial charge in [-0.15, -0.1) is 0 Å². The molecule has 0 unspecified atom stereocenters. The van der Waals surface area contributed by atoms with Gasteiger partial charge in [-0.3, -0.25) is 4.79 Å². The van der Waals surface area contributed by atoms with Gasteiger partial charge in [-0.25, -0.2) is 9.97 Å². The van der Waals surface area contributed by atoms with Gasteiger partial charge in [0.15, 0.2) is 0 Å². The van der Waals surface area contributed by atoms with Crippen LogP contribution in [0, 0.1) is 13.8 Å². The molecule has 28 heavy (non-hydrogen) atoms. The molecule has 4 rings (SSSR count). The summed E-state index contributed by atoms with van der Waals surface area (Å²) in [5, 5.41) is 5.26. The fourth-order valence-corrected chi connectivity index (χ4v) is 3.59. The van der Waals surface area contributed by atoms with Crippen LogP contribution in [0.3, 0.4) is 0 Å². The molecule has 0 bridgehead atoms. The van der Waals surface area contributed by atoms with Crippen LogP contribution >= 0.6 is 0 Å². The number of carbonyl (C=O) groups is 1. The van der Waals surface area contributed by atoms with E-state index in [0.717, 1.165) is 40.8 Å². The fraction of sp³-hybridized carbons (Fsp3) is 0.318. The number of fused-ring (bicyclic) bond motifs is 1. The molecule has 144 valence electrons. The van der Waals surface area contributed by atoms with E-state index in [0.29, 0.717) is 31.3 Å². The SMILES string of the molecule is Cc1nc(N2CCOCC2)nc(C)c1NC(=O)Cc1cccc2ccccc12. The minimum Gasteiger partial charge on any atom is -0.378 e. The zero-order valence-electron chi connectivity index (χ0n) is 16.2. The lowest BCUT2D eigenvalue weighted by Crippen LogP contribution is -2.37. The quantitative estimate of drug-likeness (QED) is 0.757. The van der Waals surface area contributed by atoms with E-state index in [1.165, 1.54) is 0 Å². The highest BCUT2D eigenvalue weighted by Crippen LogP contribution is 2.23. The van der Waals surface area contributed by atoms with E-state index in [2.05, 4.69) is 38.4 Å². The van der Waals surface area contributed by atoms with Crippen molar-refractivity contribution in [1.29, 1.82) is 0 Å². The molecular formula is C22H24N4O2. The van der Waals surface area contributed by atoms with Gasteiger partial charge in [0, 0.05) is 13.1 Å². The molecular weight excluding hydrogens is 352 g/mol. The van der Waals surface area contributed by atoms with Crippen LogP contribution in [0.25, 0.3) is 10.8 Å². The van der Waals surface area contributed by atoms with Gasteiger partial charge in [-0.1, -0.05) is 42.5 Å². The molecule has 2 heterocycles. The van der Waals surface area contributed by atoms with Crippen LogP contribution in [0.2, 0.25) is 0 Å². The molecule has 1 amide bonds. The molecule has 6 heteroatoms. The Balaban J connectivity index is 1.52. The maximum atomic E-state index is 12.7. The zero-order chi connectivity index (χ0) is 19.5. The Morgan fingerprint density at radius 2 is 1.71 bits per heavy atom. The lowest BCUT2D eigenvalue weighted by atomic mass is 10.0. The number of morpholine rings is 1. The topological polar surface area (TPSA) is 67.3 Å². The summed E-state index contributed by atoms with van der Waals surface area (Å²) in [5.41, 5.74) is 3.26. The van der Waals surface area contributed by atoms with E-state index in [1.807, 2.05) is 38.1 Å². The highest BCUT2D eigenvalue weighted by Gasteiger charge is 2.18. The average Bonchev–Trinajstić information content (AvgIpc) is 2.71. The third kappa shape index (κ3) is 3.82. The van der Waals surface area contributed by atoms with Crippen LogP contribution in [-0.4, -0.2) is 42.2 Å². The number of carbonyl (C=O) groups excluding carboxylic acids is 1. The van der Waals surface area contributed by atoms with E-state index in [4.69, 9.17) is 4.74 Å². The van der Waals surface area contributed by atoms with Crippen LogP contribution < -0.4 is 10.2 Å². The molecule has 1 aromatic heterocycles. The van der Waals surface area contributed by atoms with E-state index in [1.54, 1.807) is 0 Å². The Morgan fingerprint density at radius 3 is 2.46 bits per heavy atom. The summed E-state index contributed by atoms with van der Waals surface area (Å²) in [6.07, 6.45) is 0.311. The molecule has 2 aromatic carbocycles. The van der Waals surface area contributed by atoms with Crippen molar-refractivity contribution in [1.82, 2.24) is 9.97 Å². The van der Waals surface area contributed by atoms with Gasteiger partial charge >= 0.3 is 0 Å². The summed E-state index contributed by atoms with van der Waals surface area (Å²) in [6.45, 7) is 6.76. The first-order chi connectivity index (χ1) is 13.6.